The molecule has 3 nitrogen and oxygen atoms in total. The highest BCUT2D eigenvalue weighted by Gasteiger charge is 2.10. The molecule has 0 atom stereocenters. The van der Waals surface area contributed by atoms with Crippen molar-refractivity contribution in [2.24, 2.45) is 0 Å². The number of hydrogen-bond donors (Lipinski definition) is 2. The van der Waals surface area contributed by atoms with E-state index in [9.17, 15) is 0 Å². The normalized spacial score (nSPS) is 8.39. The van der Waals surface area contributed by atoms with Crippen molar-refractivity contribution in [3.63, 3.8) is 0 Å². The van der Waals surface area contributed by atoms with Crippen LogP contribution < -0.4 is 10.5 Å². The summed E-state index contributed by atoms with van der Waals surface area (Å²) in [5, 5.41) is 7.61. The van der Waals surface area contributed by atoms with Crippen molar-refractivity contribution in [3.05, 3.63) is 23.3 Å². The Bertz CT molecular complexity index is 360. The van der Waals surface area contributed by atoms with Gasteiger partial charge in [-0.2, -0.15) is 0 Å². The van der Waals surface area contributed by atoms with E-state index in [-0.39, 0.29) is 0 Å². The van der Waals surface area contributed by atoms with Crippen LogP contribution in [0.3, 0.4) is 0 Å². The zero-order chi connectivity index (χ0) is 14.7. The quantitative estimate of drug-likeness (QED) is 0.618. The number of nitrogen functional groups attached to an aromatic ring is 1. The summed E-state index contributed by atoms with van der Waals surface area (Å²) >= 11 is 0. The van der Waals surface area contributed by atoms with Crippen molar-refractivity contribution in [1.29, 1.82) is 5.41 Å². The topological polar surface area (TPSA) is 59.1 Å². The number of aryl methyl sites for hydroxylation is 1. The zero-order valence-corrected chi connectivity index (χ0v) is 12.8. The summed E-state index contributed by atoms with van der Waals surface area (Å²) in [5.41, 5.74) is 8.64. The van der Waals surface area contributed by atoms with Gasteiger partial charge in [0.05, 0.1) is 12.2 Å². The Morgan fingerprint density at radius 3 is 2.11 bits per heavy atom. The SMILES string of the molecule is CC.CC.CCOc1cc(C)cc(N)c1C(C)=N. The smallest absolute Gasteiger partial charge is 0.130 e. The van der Waals surface area contributed by atoms with Crippen molar-refractivity contribution in [2.75, 3.05) is 12.3 Å². The first-order valence-corrected chi connectivity index (χ1v) is 6.64. The van der Waals surface area contributed by atoms with Gasteiger partial charge in [-0.25, -0.2) is 0 Å². The molecule has 3 N–H and O–H groups in total. The summed E-state index contributed by atoms with van der Waals surface area (Å²) in [4.78, 5) is 0. The van der Waals surface area contributed by atoms with E-state index in [1.165, 1.54) is 0 Å². The van der Waals surface area contributed by atoms with E-state index in [2.05, 4.69) is 0 Å². The molecule has 3 heteroatoms. The van der Waals surface area contributed by atoms with Gasteiger partial charge in [-0.1, -0.05) is 27.7 Å². The molecule has 0 radical (unpaired) electrons. The first kappa shape index (κ1) is 18.8. The van der Waals surface area contributed by atoms with E-state index in [4.69, 9.17) is 15.9 Å². The number of hydrogen-bond acceptors (Lipinski definition) is 3. The lowest BCUT2D eigenvalue weighted by molar-refractivity contribution is 0.339. The fourth-order valence-corrected chi connectivity index (χ4v) is 1.45. The summed E-state index contributed by atoms with van der Waals surface area (Å²) in [6.07, 6.45) is 0. The average molecular weight is 252 g/mol. The number of anilines is 1. The van der Waals surface area contributed by atoms with Gasteiger partial charge >= 0.3 is 0 Å². The highest BCUT2D eigenvalue weighted by Crippen LogP contribution is 2.27. The third-order valence-corrected chi connectivity index (χ3v) is 1.95. The van der Waals surface area contributed by atoms with Gasteiger partial charge < -0.3 is 15.9 Å². The van der Waals surface area contributed by atoms with Crippen molar-refractivity contribution in [1.82, 2.24) is 0 Å². The molecule has 104 valence electrons. The van der Waals surface area contributed by atoms with Crippen molar-refractivity contribution >= 4 is 11.4 Å². The third-order valence-electron chi connectivity index (χ3n) is 1.95. The maximum absolute atomic E-state index is 7.61. The monoisotopic (exact) mass is 252 g/mol. The fourth-order valence-electron chi connectivity index (χ4n) is 1.45. The highest BCUT2D eigenvalue weighted by atomic mass is 16.5. The molecular weight excluding hydrogens is 224 g/mol. The van der Waals surface area contributed by atoms with Gasteiger partial charge in [-0.3, -0.25) is 0 Å². The van der Waals surface area contributed by atoms with Crippen LogP contribution >= 0.6 is 0 Å². The summed E-state index contributed by atoms with van der Waals surface area (Å²) in [6.45, 7) is 14.2. The molecule has 0 saturated heterocycles. The van der Waals surface area contributed by atoms with E-state index >= 15 is 0 Å². The molecule has 18 heavy (non-hydrogen) atoms. The van der Waals surface area contributed by atoms with Crippen molar-refractivity contribution in [2.45, 2.75) is 48.5 Å². The third kappa shape index (κ3) is 5.71. The lowest BCUT2D eigenvalue weighted by atomic mass is 10.0. The first-order valence-electron chi connectivity index (χ1n) is 6.64. The van der Waals surface area contributed by atoms with Gasteiger partial charge in [0.1, 0.15) is 5.75 Å². The average Bonchev–Trinajstić information content (AvgIpc) is 2.33. The number of benzene rings is 1. The standard InChI is InChI=1S/C11H16N2O.2C2H6/c1-4-14-10-6-7(2)5-9(13)11(10)8(3)12;2*1-2/h5-6,12H,4,13H2,1-3H3;2*1-2H3. The van der Waals surface area contributed by atoms with Crippen LogP contribution in [0.1, 0.15) is 52.7 Å². The van der Waals surface area contributed by atoms with Gasteiger partial charge in [0, 0.05) is 11.4 Å². The van der Waals surface area contributed by atoms with Gasteiger partial charge in [0.2, 0.25) is 0 Å². The molecule has 0 bridgehead atoms. The lowest BCUT2D eigenvalue weighted by Gasteiger charge is -2.12. The zero-order valence-electron chi connectivity index (χ0n) is 12.8. The van der Waals surface area contributed by atoms with Crippen molar-refractivity contribution in [3.8, 4) is 5.75 Å². The number of nitrogens with one attached hydrogen (secondary N) is 1. The van der Waals surface area contributed by atoms with Gasteiger partial charge in [-0.05, 0) is 38.5 Å². The van der Waals surface area contributed by atoms with Gasteiger partial charge in [0.15, 0.2) is 0 Å². The van der Waals surface area contributed by atoms with E-state index in [0.717, 1.165) is 5.56 Å². The predicted molar refractivity (Wildman–Crippen MR) is 82.0 cm³/mol. The van der Waals surface area contributed by atoms with Crippen LogP contribution in [0.4, 0.5) is 5.69 Å². The Kier molecular flexibility index (Phi) is 11.1. The maximum Gasteiger partial charge on any atom is 0.130 e. The Morgan fingerprint density at radius 2 is 1.72 bits per heavy atom. The summed E-state index contributed by atoms with van der Waals surface area (Å²) in [6, 6.07) is 3.77. The van der Waals surface area contributed by atoms with Crippen LogP contribution in [-0.4, -0.2) is 12.3 Å². The minimum absolute atomic E-state index is 0.436. The minimum Gasteiger partial charge on any atom is -0.493 e. The van der Waals surface area contributed by atoms with Crippen LogP contribution in [0.25, 0.3) is 0 Å². The Labute approximate surface area is 112 Å². The van der Waals surface area contributed by atoms with Crippen LogP contribution in [-0.2, 0) is 0 Å². The lowest BCUT2D eigenvalue weighted by Crippen LogP contribution is -2.05. The van der Waals surface area contributed by atoms with Crippen LogP contribution in [0.15, 0.2) is 12.1 Å². The maximum atomic E-state index is 7.61. The molecule has 0 saturated carbocycles. The molecule has 0 amide bonds. The van der Waals surface area contributed by atoms with E-state index in [1.54, 1.807) is 6.92 Å². The molecule has 0 spiro atoms. The Morgan fingerprint density at radius 1 is 1.22 bits per heavy atom. The van der Waals surface area contributed by atoms with Crippen LogP contribution in [0.2, 0.25) is 0 Å². The Hall–Kier alpha value is -1.51. The van der Waals surface area contributed by atoms with Crippen LogP contribution in [0, 0.1) is 12.3 Å². The minimum atomic E-state index is 0.436. The van der Waals surface area contributed by atoms with E-state index in [1.807, 2.05) is 53.7 Å². The summed E-state index contributed by atoms with van der Waals surface area (Å²) in [5.74, 6) is 0.706. The molecule has 0 heterocycles. The largest absolute Gasteiger partial charge is 0.493 e. The molecule has 1 aromatic rings. The number of rotatable bonds is 3. The summed E-state index contributed by atoms with van der Waals surface area (Å²) in [7, 11) is 0. The van der Waals surface area contributed by atoms with E-state index in [0.29, 0.717) is 29.3 Å². The van der Waals surface area contributed by atoms with Gasteiger partial charge in [-0.15, -0.1) is 0 Å². The highest BCUT2D eigenvalue weighted by molar-refractivity contribution is 6.03. The van der Waals surface area contributed by atoms with Crippen LogP contribution in [0.5, 0.6) is 5.75 Å². The molecule has 1 rings (SSSR count). The molecule has 0 aliphatic heterocycles. The Balaban J connectivity index is 0. The van der Waals surface area contributed by atoms with Crippen molar-refractivity contribution < 1.29 is 4.74 Å². The summed E-state index contributed by atoms with van der Waals surface area (Å²) < 4.78 is 5.44. The molecule has 0 fully saturated rings. The molecule has 0 aliphatic rings. The molecule has 0 aromatic heterocycles. The predicted octanol–water partition coefficient (Wildman–Crippen LogP) is 4.42. The molecule has 0 unspecified atom stereocenters. The second-order valence-electron chi connectivity index (χ2n) is 3.29. The molecule has 0 aliphatic carbocycles. The van der Waals surface area contributed by atoms with Gasteiger partial charge in [0.25, 0.3) is 0 Å². The molecular formula is C15H28N2O. The van der Waals surface area contributed by atoms with E-state index < -0.39 is 0 Å². The molecule has 1 aromatic carbocycles. The first-order chi connectivity index (χ1) is 8.56. The fraction of sp³-hybridized carbons (Fsp3) is 0.533. The number of nitrogens with two attached hydrogens (primary N) is 1. The second kappa shape index (κ2) is 10.6. The second-order valence-corrected chi connectivity index (χ2v) is 3.29. The number of ether oxygens (including phenoxy) is 1.